The highest BCUT2D eigenvalue weighted by molar-refractivity contribution is 9.10. The Morgan fingerprint density at radius 1 is 1.00 bits per heavy atom. The van der Waals surface area contributed by atoms with Gasteiger partial charge < -0.3 is 15.1 Å². The molecule has 0 unspecified atom stereocenters. The van der Waals surface area contributed by atoms with Crippen molar-refractivity contribution in [3.05, 3.63) is 70.4 Å². The molecule has 1 aromatic heterocycles. The van der Waals surface area contributed by atoms with Crippen LogP contribution in [0.2, 0.25) is 0 Å². The molecule has 0 spiro atoms. The molecule has 0 atom stereocenters. The number of amides is 2. The molecule has 0 aliphatic rings. The number of rotatable bonds is 4. The van der Waals surface area contributed by atoms with Crippen LogP contribution in [0.15, 0.2) is 63.7 Å². The zero-order valence-corrected chi connectivity index (χ0v) is 13.4. The fourth-order valence-electron chi connectivity index (χ4n) is 2.18. The van der Waals surface area contributed by atoms with Gasteiger partial charge in [-0.1, -0.05) is 40.2 Å². The van der Waals surface area contributed by atoms with Crippen LogP contribution in [-0.2, 0) is 13.1 Å². The van der Waals surface area contributed by atoms with Crippen LogP contribution in [0, 0.1) is 0 Å². The van der Waals surface area contributed by atoms with E-state index in [-0.39, 0.29) is 6.03 Å². The molecular formula is C17H15BrN2O2. The number of carbonyl (C=O) groups is 1. The Morgan fingerprint density at radius 2 is 1.77 bits per heavy atom. The second-order valence-electron chi connectivity index (χ2n) is 4.96. The van der Waals surface area contributed by atoms with Crippen molar-refractivity contribution >= 4 is 32.9 Å². The molecule has 2 amide bonds. The highest BCUT2D eigenvalue weighted by Gasteiger charge is 2.03. The summed E-state index contributed by atoms with van der Waals surface area (Å²) in [5.74, 6) is 0. The molecule has 5 heteroatoms. The third kappa shape index (κ3) is 3.68. The molecule has 0 radical (unpaired) electrons. The Morgan fingerprint density at radius 3 is 2.55 bits per heavy atom. The predicted octanol–water partition coefficient (Wildman–Crippen LogP) is 4.19. The van der Waals surface area contributed by atoms with Crippen LogP contribution in [-0.4, -0.2) is 6.03 Å². The van der Waals surface area contributed by atoms with Crippen LogP contribution in [0.4, 0.5) is 4.79 Å². The molecule has 2 N–H and O–H groups in total. The SMILES string of the molecule is O=C(NCc1cccc(Br)c1)NCc1ccc2ccoc2c1. The Labute approximate surface area is 136 Å². The zero-order chi connectivity index (χ0) is 15.4. The van der Waals surface area contributed by atoms with Gasteiger partial charge in [0.2, 0.25) is 0 Å². The van der Waals surface area contributed by atoms with E-state index in [1.807, 2.05) is 48.5 Å². The van der Waals surface area contributed by atoms with Crippen LogP contribution < -0.4 is 10.6 Å². The Kier molecular flexibility index (Phi) is 4.44. The lowest BCUT2D eigenvalue weighted by atomic mass is 10.2. The Balaban J connectivity index is 1.51. The first kappa shape index (κ1) is 14.7. The fraction of sp³-hybridized carbons (Fsp3) is 0.118. The maximum atomic E-state index is 11.8. The van der Waals surface area contributed by atoms with Crippen molar-refractivity contribution in [1.82, 2.24) is 10.6 Å². The highest BCUT2D eigenvalue weighted by atomic mass is 79.9. The molecule has 2 aromatic carbocycles. The van der Waals surface area contributed by atoms with Crippen LogP contribution >= 0.6 is 15.9 Å². The minimum absolute atomic E-state index is 0.195. The molecule has 0 fully saturated rings. The van der Waals surface area contributed by atoms with Gasteiger partial charge >= 0.3 is 6.03 Å². The van der Waals surface area contributed by atoms with Gasteiger partial charge in [-0.25, -0.2) is 4.79 Å². The van der Waals surface area contributed by atoms with Crippen molar-refractivity contribution in [2.24, 2.45) is 0 Å². The second kappa shape index (κ2) is 6.66. The van der Waals surface area contributed by atoms with Crippen molar-refractivity contribution in [2.75, 3.05) is 0 Å². The van der Waals surface area contributed by atoms with Gasteiger partial charge in [0.25, 0.3) is 0 Å². The van der Waals surface area contributed by atoms with Gasteiger partial charge in [-0.3, -0.25) is 0 Å². The molecule has 22 heavy (non-hydrogen) atoms. The summed E-state index contributed by atoms with van der Waals surface area (Å²) in [5, 5.41) is 6.73. The summed E-state index contributed by atoms with van der Waals surface area (Å²) in [5.41, 5.74) is 2.87. The van der Waals surface area contributed by atoms with Crippen molar-refractivity contribution < 1.29 is 9.21 Å². The molecule has 0 saturated heterocycles. The van der Waals surface area contributed by atoms with E-state index in [9.17, 15) is 4.79 Å². The van der Waals surface area contributed by atoms with Crippen molar-refractivity contribution in [3.8, 4) is 0 Å². The minimum Gasteiger partial charge on any atom is -0.464 e. The maximum Gasteiger partial charge on any atom is 0.315 e. The zero-order valence-electron chi connectivity index (χ0n) is 11.8. The van der Waals surface area contributed by atoms with Crippen molar-refractivity contribution in [1.29, 1.82) is 0 Å². The number of hydrogen-bond donors (Lipinski definition) is 2. The van der Waals surface area contributed by atoms with E-state index in [1.54, 1.807) is 6.26 Å². The molecule has 0 bridgehead atoms. The van der Waals surface area contributed by atoms with Gasteiger partial charge in [-0.2, -0.15) is 0 Å². The smallest absolute Gasteiger partial charge is 0.315 e. The average Bonchev–Trinajstić information content (AvgIpc) is 2.98. The van der Waals surface area contributed by atoms with Crippen LogP contribution in [0.25, 0.3) is 11.0 Å². The van der Waals surface area contributed by atoms with Gasteiger partial charge in [0, 0.05) is 22.9 Å². The van der Waals surface area contributed by atoms with Crippen molar-refractivity contribution in [2.45, 2.75) is 13.1 Å². The Hall–Kier alpha value is -2.27. The van der Waals surface area contributed by atoms with E-state index in [2.05, 4.69) is 26.6 Å². The average molecular weight is 359 g/mol. The first-order valence-electron chi connectivity index (χ1n) is 6.93. The van der Waals surface area contributed by atoms with Gasteiger partial charge in [0.05, 0.1) is 6.26 Å². The number of furan rings is 1. The van der Waals surface area contributed by atoms with Crippen molar-refractivity contribution in [3.63, 3.8) is 0 Å². The summed E-state index contributed by atoms with van der Waals surface area (Å²) in [4.78, 5) is 11.8. The molecule has 1 heterocycles. The first-order valence-corrected chi connectivity index (χ1v) is 7.72. The van der Waals surface area contributed by atoms with Gasteiger partial charge in [0.1, 0.15) is 5.58 Å². The molecule has 0 aliphatic carbocycles. The number of nitrogens with one attached hydrogen (secondary N) is 2. The first-order chi connectivity index (χ1) is 10.7. The number of fused-ring (bicyclic) bond motifs is 1. The van der Waals surface area contributed by atoms with Gasteiger partial charge in [0.15, 0.2) is 0 Å². The van der Waals surface area contributed by atoms with Crippen LogP contribution in [0.3, 0.4) is 0 Å². The molecular weight excluding hydrogens is 344 g/mol. The van der Waals surface area contributed by atoms with E-state index < -0.39 is 0 Å². The van der Waals surface area contributed by atoms with E-state index in [1.165, 1.54) is 0 Å². The fourth-order valence-corrected chi connectivity index (χ4v) is 2.63. The number of carbonyl (C=O) groups excluding carboxylic acids is 1. The van der Waals surface area contributed by atoms with E-state index in [4.69, 9.17) is 4.42 Å². The number of urea groups is 1. The third-order valence-electron chi connectivity index (χ3n) is 3.32. The lowest BCUT2D eigenvalue weighted by molar-refractivity contribution is 0.240. The lowest BCUT2D eigenvalue weighted by Gasteiger charge is -2.08. The summed E-state index contributed by atoms with van der Waals surface area (Å²) in [7, 11) is 0. The molecule has 0 aliphatic heterocycles. The molecule has 3 rings (SSSR count). The van der Waals surface area contributed by atoms with E-state index in [0.717, 1.165) is 26.6 Å². The number of hydrogen-bond acceptors (Lipinski definition) is 2. The normalized spacial score (nSPS) is 10.6. The lowest BCUT2D eigenvalue weighted by Crippen LogP contribution is -2.34. The van der Waals surface area contributed by atoms with Crippen LogP contribution in [0.5, 0.6) is 0 Å². The third-order valence-corrected chi connectivity index (χ3v) is 3.81. The summed E-state index contributed by atoms with van der Waals surface area (Å²) in [6.45, 7) is 0.948. The molecule has 3 aromatic rings. The minimum atomic E-state index is -0.195. The summed E-state index contributed by atoms with van der Waals surface area (Å²) < 4.78 is 6.35. The summed E-state index contributed by atoms with van der Waals surface area (Å²) in [6.07, 6.45) is 1.66. The Bertz CT molecular complexity index is 798. The molecule has 4 nitrogen and oxygen atoms in total. The molecule has 0 saturated carbocycles. The number of benzene rings is 2. The van der Waals surface area contributed by atoms with E-state index >= 15 is 0 Å². The standard InChI is InChI=1S/C17H15BrN2O2/c18-15-3-1-2-12(8-15)10-19-17(21)20-11-13-4-5-14-6-7-22-16(14)9-13/h1-9H,10-11H2,(H2,19,20,21). The van der Waals surface area contributed by atoms with E-state index in [0.29, 0.717) is 13.1 Å². The topological polar surface area (TPSA) is 54.3 Å². The highest BCUT2D eigenvalue weighted by Crippen LogP contribution is 2.16. The number of halogens is 1. The largest absolute Gasteiger partial charge is 0.464 e. The summed E-state index contributed by atoms with van der Waals surface area (Å²) in [6, 6.07) is 15.5. The predicted molar refractivity (Wildman–Crippen MR) is 89.4 cm³/mol. The monoisotopic (exact) mass is 358 g/mol. The van der Waals surface area contributed by atoms with Gasteiger partial charge in [-0.15, -0.1) is 0 Å². The molecule has 112 valence electrons. The second-order valence-corrected chi connectivity index (χ2v) is 5.87. The van der Waals surface area contributed by atoms with Crippen LogP contribution in [0.1, 0.15) is 11.1 Å². The van der Waals surface area contributed by atoms with Gasteiger partial charge in [-0.05, 0) is 35.4 Å². The quantitative estimate of drug-likeness (QED) is 0.734. The summed E-state index contributed by atoms with van der Waals surface area (Å²) >= 11 is 3.41. The maximum absolute atomic E-state index is 11.8.